The van der Waals surface area contributed by atoms with Gasteiger partial charge in [-0.25, -0.2) is 5.43 Å². The van der Waals surface area contributed by atoms with Gasteiger partial charge in [-0.1, -0.05) is 42.5 Å². The van der Waals surface area contributed by atoms with E-state index in [1.807, 2.05) is 42.5 Å². The summed E-state index contributed by atoms with van der Waals surface area (Å²) in [6.45, 7) is 1.32. The minimum absolute atomic E-state index is 0.212. The van der Waals surface area contributed by atoms with Crippen molar-refractivity contribution in [3.05, 3.63) is 71.8 Å². The standard InChI is InChI=1S/C22H20N2O4/c1-15(25)28-20-11-10-16(12-21(20)27-2)14-23-24-22(26)13-18-8-5-7-17-6-3-4-9-19(17)18/h3-12,14H,13H2,1-2H3,(H,24,26). The van der Waals surface area contributed by atoms with Crippen LogP contribution in [0.3, 0.4) is 0 Å². The number of carbonyl (C=O) groups excluding carboxylic acids is 2. The molecule has 6 nitrogen and oxygen atoms in total. The van der Waals surface area contributed by atoms with Crippen LogP contribution in [0.25, 0.3) is 10.8 Å². The van der Waals surface area contributed by atoms with Crippen molar-refractivity contribution < 1.29 is 19.1 Å². The number of carbonyl (C=O) groups is 2. The predicted octanol–water partition coefficient (Wildman–Crippen LogP) is 3.47. The molecule has 0 aliphatic heterocycles. The molecule has 0 aliphatic rings. The number of fused-ring (bicyclic) bond motifs is 1. The topological polar surface area (TPSA) is 77.0 Å². The Bertz CT molecular complexity index is 1040. The lowest BCUT2D eigenvalue weighted by Gasteiger charge is -2.08. The van der Waals surface area contributed by atoms with Crippen LogP contribution in [0, 0.1) is 0 Å². The van der Waals surface area contributed by atoms with E-state index >= 15 is 0 Å². The molecular weight excluding hydrogens is 356 g/mol. The lowest BCUT2D eigenvalue weighted by Crippen LogP contribution is -2.19. The van der Waals surface area contributed by atoms with Gasteiger partial charge in [0, 0.05) is 6.92 Å². The van der Waals surface area contributed by atoms with Crippen molar-refractivity contribution in [3.8, 4) is 11.5 Å². The highest BCUT2D eigenvalue weighted by molar-refractivity contribution is 5.90. The average molecular weight is 376 g/mol. The number of amides is 1. The van der Waals surface area contributed by atoms with E-state index in [1.54, 1.807) is 18.2 Å². The number of hydrogen-bond donors (Lipinski definition) is 1. The second kappa shape index (κ2) is 8.81. The van der Waals surface area contributed by atoms with Crippen LogP contribution in [0.5, 0.6) is 11.5 Å². The molecule has 1 N–H and O–H groups in total. The molecule has 0 atom stereocenters. The summed E-state index contributed by atoms with van der Waals surface area (Å²) >= 11 is 0. The van der Waals surface area contributed by atoms with E-state index in [-0.39, 0.29) is 12.3 Å². The van der Waals surface area contributed by atoms with E-state index < -0.39 is 5.97 Å². The Labute approximate surface area is 162 Å². The minimum Gasteiger partial charge on any atom is -0.493 e. The van der Waals surface area contributed by atoms with Crippen molar-refractivity contribution in [1.29, 1.82) is 0 Å². The van der Waals surface area contributed by atoms with E-state index in [1.165, 1.54) is 20.2 Å². The van der Waals surface area contributed by atoms with Crippen molar-refractivity contribution in [1.82, 2.24) is 5.43 Å². The fourth-order valence-corrected chi connectivity index (χ4v) is 2.84. The second-order valence-electron chi connectivity index (χ2n) is 6.11. The van der Waals surface area contributed by atoms with Crippen LogP contribution in [0.4, 0.5) is 0 Å². The monoisotopic (exact) mass is 376 g/mol. The Balaban J connectivity index is 1.65. The average Bonchev–Trinajstić information content (AvgIpc) is 2.69. The van der Waals surface area contributed by atoms with Crippen molar-refractivity contribution in [2.45, 2.75) is 13.3 Å². The molecule has 0 fully saturated rings. The highest BCUT2D eigenvalue weighted by Crippen LogP contribution is 2.27. The molecule has 3 aromatic carbocycles. The lowest BCUT2D eigenvalue weighted by molar-refractivity contribution is -0.132. The van der Waals surface area contributed by atoms with Crippen molar-refractivity contribution in [3.63, 3.8) is 0 Å². The molecule has 6 heteroatoms. The molecule has 3 aromatic rings. The molecule has 0 heterocycles. The SMILES string of the molecule is COc1cc(C=NNC(=O)Cc2cccc3ccccc23)ccc1OC(C)=O. The summed E-state index contributed by atoms with van der Waals surface area (Å²) in [5.41, 5.74) is 4.17. The third-order valence-corrected chi connectivity index (χ3v) is 4.08. The molecule has 0 saturated carbocycles. The fourth-order valence-electron chi connectivity index (χ4n) is 2.84. The summed E-state index contributed by atoms with van der Waals surface area (Å²) in [4.78, 5) is 23.3. The lowest BCUT2D eigenvalue weighted by atomic mass is 10.0. The maximum Gasteiger partial charge on any atom is 0.308 e. The quantitative estimate of drug-likeness (QED) is 0.309. The third-order valence-electron chi connectivity index (χ3n) is 4.08. The molecule has 28 heavy (non-hydrogen) atoms. The number of benzene rings is 3. The molecule has 0 saturated heterocycles. The first-order valence-corrected chi connectivity index (χ1v) is 8.72. The van der Waals surface area contributed by atoms with Gasteiger partial charge < -0.3 is 9.47 Å². The van der Waals surface area contributed by atoms with Gasteiger partial charge in [0.25, 0.3) is 0 Å². The summed E-state index contributed by atoms with van der Waals surface area (Å²) in [7, 11) is 1.48. The van der Waals surface area contributed by atoms with E-state index in [0.29, 0.717) is 17.1 Å². The van der Waals surface area contributed by atoms with Crippen LogP contribution >= 0.6 is 0 Å². The van der Waals surface area contributed by atoms with Crippen molar-refractivity contribution in [2.75, 3.05) is 7.11 Å². The molecule has 0 bridgehead atoms. The first kappa shape index (κ1) is 19.1. The minimum atomic E-state index is -0.430. The predicted molar refractivity (Wildman–Crippen MR) is 108 cm³/mol. The maximum absolute atomic E-state index is 12.2. The maximum atomic E-state index is 12.2. The van der Waals surface area contributed by atoms with Gasteiger partial charge in [-0.2, -0.15) is 5.10 Å². The number of rotatable bonds is 6. The largest absolute Gasteiger partial charge is 0.493 e. The second-order valence-corrected chi connectivity index (χ2v) is 6.11. The number of esters is 1. The van der Waals surface area contributed by atoms with Crippen LogP contribution in [-0.2, 0) is 16.0 Å². The van der Waals surface area contributed by atoms with Crippen molar-refractivity contribution >= 4 is 28.9 Å². The van der Waals surface area contributed by atoms with Gasteiger partial charge in [-0.3, -0.25) is 9.59 Å². The summed E-state index contributed by atoms with van der Waals surface area (Å²) < 4.78 is 10.3. The number of nitrogens with one attached hydrogen (secondary N) is 1. The fraction of sp³-hybridized carbons (Fsp3) is 0.136. The molecule has 3 rings (SSSR count). The highest BCUT2D eigenvalue weighted by Gasteiger charge is 2.08. The zero-order valence-corrected chi connectivity index (χ0v) is 15.6. The van der Waals surface area contributed by atoms with Gasteiger partial charge in [0.05, 0.1) is 19.7 Å². The molecule has 142 valence electrons. The molecular formula is C22H20N2O4. The first-order chi connectivity index (χ1) is 13.6. The summed E-state index contributed by atoms with van der Waals surface area (Å²) in [5.74, 6) is 0.0879. The molecule has 0 aliphatic carbocycles. The Morgan fingerprint density at radius 2 is 1.82 bits per heavy atom. The Morgan fingerprint density at radius 1 is 1.04 bits per heavy atom. The first-order valence-electron chi connectivity index (χ1n) is 8.72. The zero-order valence-electron chi connectivity index (χ0n) is 15.6. The van der Waals surface area contributed by atoms with E-state index in [0.717, 1.165) is 16.3 Å². The van der Waals surface area contributed by atoms with Crippen LogP contribution in [0.1, 0.15) is 18.1 Å². The van der Waals surface area contributed by atoms with E-state index in [2.05, 4.69) is 10.5 Å². The Kier molecular flexibility index (Phi) is 6.01. The van der Waals surface area contributed by atoms with Crippen LogP contribution in [0.2, 0.25) is 0 Å². The molecule has 0 aromatic heterocycles. The van der Waals surface area contributed by atoms with Crippen LogP contribution in [-0.4, -0.2) is 25.2 Å². The molecule has 0 spiro atoms. The summed E-state index contributed by atoms with van der Waals surface area (Å²) in [6.07, 6.45) is 1.73. The van der Waals surface area contributed by atoms with Gasteiger partial charge >= 0.3 is 5.97 Å². The number of nitrogens with zero attached hydrogens (tertiary/aromatic N) is 1. The zero-order chi connectivity index (χ0) is 19.9. The molecule has 0 radical (unpaired) electrons. The normalized spacial score (nSPS) is 10.8. The summed E-state index contributed by atoms with van der Waals surface area (Å²) in [6, 6.07) is 18.8. The Hall–Kier alpha value is -3.67. The van der Waals surface area contributed by atoms with Crippen LogP contribution in [0.15, 0.2) is 65.8 Å². The number of hydrogen-bond acceptors (Lipinski definition) is 5. The summed E-state index contributed by atoms with van der Waals surface area (Å²) in [5, 5.41) is 6.14. The van der Waals surface area contributed by atoms with Crippen LogP contribution < -0.4 is 14.9 Å². The number of ether oxygens (including phenoxy) is 2. The molecule has 0 unspecified atom stereocenters. The van der Waals surface area contributed by atoms with E-state index in [4.69, 9.17) is 9.47 Å². The number of hydrazone groups is 1. The van der Waals surface area contributed by atoms with Gasteiger partial charge in [0.15, 0.2) is 11.5 Å². The van der Waals surface area contributed by atoms with Crippen molar-refractivity contribution in [2.24, 2.45) is 5.10 Å². The van der Waals surface area contributed by atoms with Gasteiger partial charge in [0.2, 0.25) is 5.91 Å². The smallest absolute Gasteiger partial charge is 0.308 e. The molecule has 1 amide bonds. The van der Waals surface area contributed by atoms with Gasteiger partial charge in [-0.15, -0.1) is 0 Å². The van der Waals surface area contributed by atoms with Gasteiger partial charge in [0.1, 0.15) is 0 Å². The number of methoxy groups -OCH3 is 1. The Morgan fingerprint density at radius 3 is 2.61 bits per heavy atom. The third kappa shape index (κ3) is 4.73. The van der Waals surface area contributed by atoms with E-state index in [9.17, 15) is 9.59 Å². The van der Waals surface area contributed by atoms with Gasteiger partial charge in [-0.05, 0) is 40.1 Å². The highest BCUT2D eigenvalue weighted by atomic mass is 16.6.